The molecule has 3 unspecified atom stereocenters. The fraction of sp³-hybridized carbons (Fsp3) is 0.941. The van der Waals surface area contributed by atoms with E-state index in [0.29, 0.717) is 17.9 Å². The van der Waals surface area contributed by atoms with Gasteiger partial charge in [0.25, 0.3) is 0 Å². The van der Waals surface area contributed by atoms with Gasteiger partial charge < -0.3 is 14.4 Å². The van der Waals surface area contributed by atoms with Crippen LogP contribution in [0.3, 0.4) is 0 Å². The maximum atomic E-state index is 13.1. The van der Waals surface area contributed by atoms with Crippen molar-refractivity contribution < 1.29 is 14.3 Å². The van der Waals surface area contributed by atoms with E-state index in [1.807, 2.05) is 0 Å². The summed E-state index contributed by atoms with van der Waals surface area (Å²) in [6.07, 6.45) is 3.02. The molecule has 0 N–H and O–H groups in total. The molecule has 0 bridgehead atoms. The number of hydrogen-bond acceptors (Lipinski definition) is 3. The molecule has 2 heterocycles. The van der Waals surface area contributed by atoms with E-state index >= 15 is 0 Å². The maximum absolute atomic E-state index is 13.1. The molecular formula is C17H31NO3. The summed E-state index contributed by atoms with van der Waals surface area (Å²) in [7, 11) is 1.74. The van der Waals surface area contributed by atoms with E-state index in [2.05, 4.69) is 32.6 Å². The minimum Gasteiger partial charge on any atom is -0.384 e. The first-order valence-corrected chi connectivity index (χ1v) is 8.29. The number of hydrogen-bond donors (Lipinski definition) is 0. The average molecular weight is 297 g/mol. The van der Waals surface area contributed by atoms with Crippen LogP contribution in [-0.2, 0) is 14.3 Å². The monoisotopic (exact) mass is 297 g/mol. The van der Waals surface area contributed by atoms with E-state index in [1.165, 1.54) is 0 Å². The lowest BCUT2D eigenvalue weighted by molar-refractivity contribution is -0.144. The molecule has 2 fully saturated rings. The first kappa shape index (κ1) is 16.8. The summed E-state index contributed by atoms with van der Waals surface area (Å²) in [4.78, 5) is 15.2. The third-order valence-electron chi connectivity index (χ3n) is 5.93. The van der Waals surface area contributed by atoms with E-state index in [9.17, 15) is 4.79 Å². The average Bonchev–Trinajstić information content (AvgIpc) is 2.73. The number of likely N-dealkylation sites (tertiary alicyclic amines) is 1. The molecule has 4 heteroatoms. The van der Waals surface area contributed by atoms with Crippen LogP contribution in [0.15, 0.2) is 0 Å². The van der Waals surface area contributed by atoms with Gasteiger partial charge in [-0.05, 0) is 38.5 Å². The third-order valence-corrected chi connectivity index (χ3v) is 5.93. The van der Waals surface area contributed by atoms with Crippen molar-refractivity contribution in [3.8, 4) is 0 Å². The van der Waals surface area contributed by atoms with E-state index in [-0.39, 0.29) is 17.4 Å². The fourth-order valence-electron chi connectivity index (χ4n) is 4.01. The quantitative estimate of drug-likeness (QED) is 0.801. The van der Waals surface area contributed by atoms with E-state index in [0.717, 1.165) is 39.1 Å². The molecule has 0 aromatic carbocycles. The standard InChI is InChI=1S/C17H31NO3/c1-12-10-15(11-20-5)14(3)18(12)16(19)13(2)17(4)6-8-21-9-7-17/h12-15H,6-11H2,1-5H3/t12-,13?,14?,15?/m1/s1. The highest BCUT2D eigenvalue weighted by atomic mass is 16.5. The number of rotatable bonds is 4. The van der Waals surface area contributed by atoms with Crippen LogP contribution in [0.25, 0.3) is 0 Å². The van der Waals surface area contributed by atoms with Crippen LogP contribution in [0.5, 0.6) is 0 Å². The summed E-state index contributed by atoms with van der Waals surface area (Å²) >= 11 is 0. The smallest absolute Gasteiger partial charge is 0.226 e. The molecule has 2 rings (SSSR count). The zero-order valence-electron chi connectivity index (χ0n) is 14.2. The summed E-state index contributed by atoms with van der Waals surface area (Å²) in [5, 5.41) is 0. The lowest BCUT2D eigenvalue weighted by atomic mass is 9.71. The first-order valence-electron chi connectivity index (χ1n) is 8.29. The molecule has 0 aromatic heterocycles. The largest absolute Gasteiger partial charge is 0.384 e. The highest BCUT2D eigenvalue weighted by Gasteiger charge is 2.45. The molecule has 0 radical (unpaired) electrons. The van der Waals surface area contributed by atoms with Gasteiger partial charge in [0.1, 0.15) is 0 Å². The van der Waals surface area contributed by atoms with Crippen molar-refractivity contribution in [2.45, 2.75) is 59.0 Å². The Morgan fingerprint density at radius 3 is 2.57 bits per heavy atom. The fourth-order valence-corrected chi connectivity index (χ4v) is 4.01. The molecule has 0 spiro atoms. The normalized spacial score (nSPS) is 34.0. The van der Waals surface area contributed by atoms with Crippen LogP contribution >= 0.6 is 0 Å². The van der Waals surface area contributed by atoms with Gasteiger partial charge in [-0.15, -0.1) is 0 Å². The van der Waals surface area contributed by atoms with Gasteiger partial charge in [-0.1, -0.05) is 13.8 Å². The Bertz CT molecular complexity index is 365. The Kier molecular flexibility index (Phi) is 5.31. The summed E-state index contributed by atoms with van der Waals surface area (Å²) in [5.74, 6) is 0.842. The van der Waals surface area contributed by atoms with Crippen molar-refractivity contribution in [2.24, 2.45) is 17.3 Å². The lowest BCUT2D eigenvalue weighted by Gasteiger charge is -2.41. The van der Waals surface area contributed by atoms with Crippen molar-refractivity contribution in [3.63, 3.8) is 0 Å². The number of nitrogens with zero attached hydrogens (tertiary/aromatic N) is 1. The zero-order chi connectivity index (χ0) is 15.6. The Morgan fingerprint density at radius 1 is 1.38 bits per heavy atom. The van der Waals surface area contributed by atoms with Gasteiger partial charge in [0, 0.05) is 44.2 Å². The molecule has 0 aromatic rings. The Hall–Kier alpha value is -0.610. The molecular weight excluding hydrogens is 266 g/mol. The Morgan fingerprint density at radius 2 is 2.00 bits per heavy atom. The van der Waals surface area contributed by atoms with Crippen LogP contribution in [-0.4, -0.2) is 49.8 Å². The predicted molar refractivity (Wildman–Crippen MR) is 83.1 cm³/mol. The molecule has 2 saturated heterocycles. The highest BCUT2D eigenvalue weighted by Crippen LogP contribution is 2.41. The second-order valence-corrected chi connectivity index (χ2v) is 7.27. The van der Waals surface area contributed by atoms with Gasteiger partial charge in [0.2, 0.25) is 5.91 Å². The Balaban J connectivity index is 2.08. The van der Waals surface area contributed by atoms with E-state index in [4.69, 9.17) is 9.47 Å². The summed E-state index contributed by atoms with van der Waals surface area (Å²) in [6, 6.07) is 0.594. The number of ether oxygens (including phenoxy) is 2. The van der Waals surface area contributed by atoms with Gasteiger partial charge in [-0.3, -0.25) is 4.79 Å². The molecule has 122 valence electrons. The molecule has 21 heavy (non-hydrogen) atoms. The number of methoxy groups -OCH3 is 1. The van der Waals surface area contributed by atoms with E-state index < -0.39 is 0 Å². The predicted octanol–water partition coefficient (Wildman–Crippen LogP) is 2.71. The van der Waals surface area contributed by atoms with Crippen molar-refractivity contribution in [3.05, 3.63) is 0 Å². The van der Waals surface area contributed by atoms with Crippen LogP contribution in [0.4, 0.5) is 0 Å². The van der Waals surface area contributed by atoms with Gasteiger partial charge in [0.15, 0.2) is 0 Å². The molecule has 2 aliphatic heterocycles. The summed E-state index contributed by atoms with van der Waals surface area (Å²) in [6.45, 7) is 11.0. The van der Waals surface area contributed by atoms with E-state index in [1.54, 1.807) is 7.11 Å². The lowest BCUT2D eigenvalue weighted by Crippen LogP contribution is -2.48. The van der Waals surface area contributed by atoms with Gasteiger partial charge in [-0.25, -0.2) is 0 Å². The molecule has 4 atom stereocenters. The molecule has 2 aliphatic rings. The molecule has 0 aliphatic carbocycles. The zero-order valence-corrected chi connectivity index (χ0v) is 14.2. The van der Waals surface area contributed by atoms with Crippen molar-refractivity contribution in [1.82, 2.24) is 4.90 Å². The van der Waals surface area contributed by atoms with Crippen molar-refractivity contribution in [1.29, 1.82) is 0 Å². The van der Waals surface area contributed by atoms with Gasteiger partial charge in [-0.2, -0.15) is 0 Å². The second kappa shape index (κ2) is 6.66. The summed E-state index contributed by atoms with van der Waals surface area (Å²) < 4.78 is 10.8. The molecule has 1 amide bonds. The van der Waals surface area contributed by atoms with Crippen LogP contribution < -0.4 is 0 Å². The van der Waals surface area contributed by atoms with Gasteiger partial charge >= 0.3 is 0 Å². The third kappa shape index (κ3) is 3.26. The molecule has 4 nitrogen and oxygen atoms in total. The number of amides is 1. The van der Waals surface area contributed by atoms with Crippen LogP contribution in [0.1, 0.15) is 47.0 Å². The number of carbonyl (C=O) groups excluding carboxylic acids is 1. The second-order valence-electron chi connectivity index (χ2n) is 7.27. The maximum Gasteiger partial charge on any atom is 0.226 e. The molecule has 0 saturated carbocycles. The topological polar surface area (TPSA) is 38.8 Å². The van der Waals surface area contributed by atoms with Gasteiger partial charge in [0.05, 0.1) is 6.61 Å². The van der Waals surface area contributed by atoms with Crippen molar-refractivity contribution in [2.75, 3.05) is 26.9 Å². The van der Waals surface area contributed by atoms with Crippen LogP contribution in [0.2, 0.25) is 0 Å². The van der Waals surface area contributed by atoms with Crippen molar-refractivity contribution >= 4 is 5.91 Å². The van der Waals surface area contributed by atoms with Crippen LogP contribution in [0, 0.1) is 17.3 Å². The summed E-state index contributed by atoms with van der Waals surface area (Å²) in [5.41, 5.74) is 0.0775. The minimum atomic E-state index is 0.0626. The Labute approximate surface area is 129 Å². The number of carbonyl (C=O) groups is 1. The minimum absolute atomic E-state index is 0.0626. The first-order chi connectivity index (χ1) is 9.90. The highest BCUT2D eigenvalue weighted by molar-refractivity contribution is 5.80. The SMILES string of the molecule is COCC1C[C@@H](C)N(C(=O)C(C)C2(C)CCOCC2)C1C.